The zero-order valence-corrected chi connectivity index (χ0v) is 18.6. The molecule has 0 radical (unpaired) electrons. The van der Waals surface area contributed by atoms with Gasteiger partial charge in [-0.3, -0.25) is 10.1 Å². The molecule has 0 heterocycles. The Morgan fingerprint density at radius 2 is 0.889 bits per heavy atom. The summed E-state index contributed by atoms with van der Waals surface area (Å²) in [6.07, 6.45) is 0. The Bertz CT molecular complexity index is 1250. The van der Waals surface area contributed by atoms with E-state index in [1.165, 1.54) is 36.4 Å². The summed E-state index contributed by atoms with van der Waals surface area (Å²) in [5.74, 6) is 0.222. The largest absolute Gasteiger partial charge is 0.435 e. The average molecular weight is 500 g/mol. The summed E-state index contributed by atoms with van der Waals surface area (Å²) in [5.41, 5.74) is 9.68. The molecule has 4 rings (SSSR count). The van der Waals surface area contributed by atoms with E-state index < -0.39 is 18.1 Å². The Morgan fingerprint density at radius 3 is 1.19 bits per heavy atom. The fourth-order valence-electron chi connectivity index (χ4n) is 3.11. The highest BCUT2D eigenvalue weighted by Gasteiger charge is 2.07. The number of nitro benzene ring substituents is 1. The summed E-state index contributed by atoms with van der Waals surface area (Å²) in [5, 5.41) is 10.5. The molecule has 0 aliphatic heterocycles. The van der Waals surface area contributed by atoms with Crippen LogP contribution < -0.4 is 15.2 Å². The highest BCUT2D eigenvalue weighted by Crippen LogP contribution is 2.26. The Labute approximate surface area is 203 Å². The Balaban J connectivity index is 0.000000202. The van der Waals surface area contributed by atoms with Gasteiger partial charge in [-0.15, -0.1) is 0 Å². The lowest BCUT2D eigenvalue weighted by molar-refractivity contribution is -0.384. The third-order valence-electron chi connectivity index (χ3n) is 4.81. The first-order valence-corrected chi connectivity index (χ1v) is 10.4. The van der Waals surface area contributed by atoms with Crippen molar-refractivity contribution in [2.75, 3.05) is 5.73 Å². The summed E-state index contributed by atoms with van der Waals surface area (Å²) in [6, 6.07) is 25.8. The van der Waals surface area contributed by atoms with Crippen molar-refractivity contribution in [3.8, 4) is 33.8 Å². The normalized spacial score (nSPS) is 10.5. The molecule has 10 heteroatoms. The number of nitrogens with zero attached hydrogens (tertiary/aromatic N) is 1. The van der Waals surface area contributed by atoms with Gasteiger partial charge in [0.15, 0.2) is 0 Å². The highest BCUT2D eigenvalue weighted by atomic mass is 19.3. The van der Waals surface area contributed by atoms with Crippen LogP contribution in [0.4, 0.5) is 28.9 Å². The maximum Gasteiger partial charge on any atom is 0.387 e. The molecule has 0 aliphatic rings. The fraction of sp³-hybridized carbons (Fsp3) is 0.0769. The topological polar surface area (TPSA) is 87.6 Å². The van der Waals surface area contributed by atoms with E-state index >= 15 is 0 Å². The van der Waals surface area contributed by atoms with Gasteiger partial charge in [-0.05, 0) is 70.8 Å². The number of non-ortho nitro benzene ring substituents is 1. The van der Waals surface area contributed by atoms with Gasteiger partial charge in [0.2, 0.25) is 0 Å². The molecular formula is C26H20F4N2O4. The van der Waals surface area contributed by atoms with Gasteiger partial charge in [-0.2, -0.15) is 17.6 Å². The van der Waals surface area contributed by atoms with Gasteiger partial charge in [-0.1, -0.05) is 36.4 Å². The average Bonchev–Trinajstić information content (AvgIpc) is 2.85. The molecule has 0 saturated carbocycles. The van der Waals surface area contributed by atoms with Crippen LogP contribution in [0, 0.1) is 10.1 Å². The number of halogens is 4. The summed E-state index contributed by atoms with van der Waals surface area (Å²) in [4.78, 5) is 10.0. The van der Waals surface area contributed by atoms with E-state index in [2.05, 4.69) is 9.47 Å². The summed E-state index contributed by atoms with van der Waals surface area (Å²) < 4.78 is 56.4. The number of nitro groups is 1. The second-order valence-corrected chi connectivity index (χ2v) is 7.23. The summed E-state index contributed by atoms with van der Waals surface area (Å²) in [6.45, 7) is -5.65. The van der Waals surface area contributed by atoms with Crippen LogP contribution in [-0.4, -0.2) is 18.1 Å². The van der Waals surface area contributed by atoms with Gasteiger partial charge in [0.25, 0.3) is 5.69 Å². The maximum absolute atomic E-state index is 12.0. The Hall–Kier alpha value is -4.60. The number of hydrogen-bond donors (Lipinski definition) is 1. The number of nitrogen functional groups attached to an aromatic ring is 1. The third kappa shape index (κ3) is 7.73. The minimum Gasteiger partial charge on any atom is -0.435 e. The maximum atomic E-state index is 12.0. The molecule has 0 aromatic heterocycles. The van der Waals surface area contributed by atoms with Gasteiger partial charge in [-0.25, -0.2) is 0 Å². The lowest BCUT2D eigenvalue weighted by Gasteiger charge is -2.06. The minimum absolute atomic E-state index is 0.00130. The molecule has 6 nitrogen and oxygen atoms in total. The molecule has 0 bridgehead atoms. The summed E-state index contributed by atoms with van der Waals surface area (Å²) >= 11 is 0. The van der Waals surface area contributed by atoms with Crippen molar-refractivity contribution < 1.29 is 32.0 Å². The van der Waals surface area contributed by atoms with Crippen molar-refractivity contribution in [2.45, 2.75) is 13.2 Å². The van der Waals surface area contributed by atoms with Crippen LogP contribution >= 0.6 is 0 Å². The Morgan fingerprint density at radius 1 is 0.583 bits per heavy atom. The number of rotatable bonds is 7. The van der Waals surface area contributed by atoms with Crippen molar-refractivity contribution in [2.24, 2.45) is 0 Å². The van der Waals surface area contributed by atoms with Crippen molar-refractivity contribution >= 4 is 11.4 Å². The molecule has 0 fully saturated rings. The first-order valence-electron chi connectivity index (χ1n) is 10.4. The van der Waals surface area contributed by atoms with E-state index in [9.17, 15) is 27.7 Å². The molecule has 4 aromatic rings. The minimum atomic E-state index is -2.86. The lowest BCUT2D eigenvalue weighted by Crippen LogP contribution is -2.01. The molecule has 0 spiro atoms. The second-order valence-electron chi connectivity index (χ2n) is 7.23. The molecule has 0 atom stereocenters. The van der Waals surface area contributed by atoms with Crippen LogP contribution in [0.3, 0.4) is 0 Å². The van der Waals surface area contributed by atoms with Crippen LogP contribution in [-0.2, 0) is 0 Å². The first kappa shape index (κ1) is 26.0. The van der Waals surface area contributed by atoms with E-state index in [0.29, 0.717) is 5.69 Å². The van der Waals surface area contributed by atoms with Crippen LogP contribution in [0.15, 0.2) is 97.1 Å². The molecule has 0 amide bonds. The van der Waals surface area contributed by atoms with E-state index in [4.69, 9.17) is 5.73 Å². The number of nitrogens with two attached hydrogens (primary N) is 1. The predicted molar refractivity (Wildman–Crippen MR) is 128 cm³/mol. The number of alkyl halides is 4. The second kappa shape index (κ2) is 12.2. The lowest BCUT2D eigenvalue weighted by atomic mass is 10.1. The van der Waals surface area contributed by atoms with Crippen LogP contribution in [0.5, 0.6) is 11.5 Å². The smallest absolute Gasteiger partial charge is 0.387 e. The van der Waals surface area contributed by atoms with Crippen molar-refractivity contribution in [1.82, 2.24) is 0 Å². The number of ether oxygens (including phenoxy) is 2. The summed E-state index contributed by atoms with van der Waals surface area (Å²) in [7, 11) is 0. The fourth-order valence-corrected chi connectivity index (χ4v) is 3.11. The molecule has 0 saturated heterocycles. The molecule has 4 aromatic carbocycles. The number of benzene rings is 4. The van der Waals surface area contributed by atoms with E-state index in [1.807, 2.05) is 12.1 Å². The molecule has 2 N–H and O–H groups in total. The SMILES string of the molecule is Nc1ccc(-c2ccc(OC(F)F)cc2)cc1.O=[N+]([O-])c1ccc(-c2ccc(OC(F)F)cc2)cc1. The van der Waals surface area contributed by atoms with Crippen molar-refractivity contribution in [1.29, 1.82) is 0 Å². The van der Waals surface area contributed by atoms with E-state index in [0.717, 1.165) is 22.3 Å². The third-order valence-corrected chi connectivity index (χ3v) is 4.81. The highest BCUT2D eigenvalue weighted by molar-refractivity contribution is 5.66. The van der Waals surface area contributed by atoms with Gasteiger partial charge < -0.3 is 15.2 Å². The molecule has 36 heavy (non-hydrogen) atoms. The van der Waals surface area contributed by atoms with Crippen LogP contribution in [0.1, 0.15) is 0 Å². The van der Waals surface area contributed by atoms with Crippen molar-refractivity contribution in [3.05, 3.63) is 107 Å². The van der Waals surface area contributed by atoms with Gasteiger partial charge in [0, 0.05) is 17.8 Å². The molecule has 0 unspecified atom stereocenters. The van der Waals surface area contributed by atoms with Gasteiger partial charge in [0.05, 0.1) is 4.92 Å². The predicted octanol–water partition coefficient (Wildman–Crippen LogP) is 7.40. The van der Waals surface area contributed by atoms with E-state index in [1.54, 1.807) is 48.5 Å². The first-order chi connectivity index (χ1) is 17.2. The number of hydrogen-bond acceptors (Lipinski definition) is 5. The standard InChI is InChI=1S/C13H9F2NO3.C13H11F2NO/c14-13(15)19-12-7-3-10(4-8-12)9-1-5-11(6-2-9)16(17)18;14-13(15)17-12-7-3-10(4-8-12)9-1-5-11(16)6-2-9/h1-8,13H;1-8,13H,16H2. The molecular weight excluding hydrogens is 480 g/mol. The quantitative estimate of drug-likeness (QED) is 0.124. The van der Waals surface area contributed by atoms with Crippen molar-refractivity contribution in [3.63, 3.8) is 0 Å². The van der Waals surface area contributed by atoms with Crippen LogP contribution in [0.2, 0.25) is 0 Å². The number of anilines is 1. The Kier molecular flexibility index (Phi) is 8.82. The van der Waals surface area contributed by atoms with Gasteiger partial charge >= 0.3 is 13.2 Å². The monoisotopic (exact) mass is 500 g/mol. The van der Waals surface area contributed by atoms with Crippen LogP contribution in [0.25, 0.3) is 22.3 Å². The molecule has 0 aliphatic carbocycles. The van der Waals surface area contributed by atoms with Gasteiger partial charge in [0.1, 0.15) is 11.5 Å². The zero-order valence-electron chi connectivity index (χ0n) is 18.6. The molecule has 186 valence electrons. The zero-order chi connectivity index (χ0) is 26.1. The van der Waals surface area contributed by atoms with E-state index in [-0.39, 0.29) is 17.2 Å².